The molecular weight excluding hydrogens is 459 g/mol. The zero-order valence-corrected chi connectivity index (χ0v) is 19.2. The summed E-state index contributed by atoms with van der Waals surface area (Å²) in [6.07, 6.45) is 1.92. The Morgan fingerprint density at radius 2 is 1.82 bits per heavy atom. The molecule has 0 saturated carbocycles. The van der Waals surface area contributed by atoms with Crippen LogP contribution in [0.1, 0.15) is 32.3 Å². The molecule has 2 heterocycles. The Balaban J connectivity index is 0.00000109. The summed E-state index contributed by atoms with van der Waals surface area (Å²) in [4.78, 5) is 4.93. The maximum atomic E-state index is 6.30. The number of nitrogens with zero attached hydrogens (tertiary/aromatic N) is 1. The molecule has 1 spiro atoms. The number of hydrogen-bond donors (Lipinski definition) is 3. The zero-order valence-electron chi connectivity index (χ0n) is 16.1. The number of aliphatic imine (C=N–C) groups is 1. The maximum absolute atomic E-state index is 6.30. The highest BCUT2D eigenvalue weighted by atomic mass is 79.9. The zero-order chi connectivity index (χ0) is 20.1. The minimum atomic E-state index is -0.200. The minimum absolute atomic E-state index is 0.200. The first kappa shape index (κ1) is 21.4. The van der Waals surface area contributed by atoms with Crippen molar-refractivity contribution in [2.75, 3.05) is 23.7 Å². The standard InChI is InChI=1S/C19H19BrCl2N4.C2H6/c20-14-9-16-17(10-15(14)22)26-19(4-6-23-7-5-19)18(25-16)24-11-12-2-1-3-13(21)8-12;1-2/h1-3,8-10,23,26H,4-7,11H2,(H,24,25);1-2H3. The maximum Gasteiger partial charge on any atom is 0.127 e. The van der Waals surface area contributed by atoms with Gasteiger partial charge in [-0.15, -0.1) is 0 Å². The molecule has 2 aromatic rings. The van der Waals surface area contributed by atoms with E-state index in [1.165, 1.54) is 0 Å². The van der Waals surface area contributed by atoms with Gasteiger partial charge >= 0.3 is 0 Å². The molecule has 2 aromatic carbocycles. The van der Waals surface area contributed by atoms with E-state index in [-0.39, 0.29) is 5.54 Å². The van der Waals surface area contributed by atoms with E-state index in [1.54, 1.807) is 0 Å². The van der Waals surface area contributed by atoms with Crippen LogP contribution >= 0.6 is 39.1 Å². The van der Waals surface area contributed by atoms with Gasteiger partial charge in [0.15, 0.2) is 0 Å². The Bertz CT molecular complexity index is 863. The van der Waals surface area contributed by atoms with Crippen molar-refractivity contribution in [2.45, 2.75) is 38.8 Å². The lowest BCUT2D eigenvalue weighted by atomic mass is 9.84. The third kappa shape index (κ3) is 4.65. The molecule has 2 aliphatic heterocycles. The summed E-state index contributed by atoms with van der Waals surface area (Å²) in [6, 6.07) is 11.8. The minimum Gasteiger partial charge on any atom is -0.371 e. The van der Waals surface area contributed by atoms with Gasteiger partial charge in [0.05, 0.1) is 28.5 Å². The molecule has 0 aromatic heterocycles. The first-order valence-corrected chi connectivity index (χ1v) is 11.1. The van der Waals surface area contributed by atoms with E-state index < -0.39 is 0 Å². The Morgan fingerprint density at radius 3 is 2.54 bits per heavy atom. The molecule has 28 heavy (non-hydrogen) atoms. The summed E-state index contributed by atoms with van der Waals surface area (Å²) < 4.78 is 0.864. The second-order valence-corrected chi connectivity index (χ2v) is 8.39. The van der Waals surface area contributed by atoms with Gasteiger partial charge in [-0.05, 0) is 71.7 Å². The van der Waals surface area contributed by atoms with Crippen LogP contribution in [-0.2, 0) is 6.54 Å². The predicted molar refractivity (Wildman–Crippen MR) is 125 cm³/mol. The van der Waals surface area contributed by atoms with E-state index in [9.17, 15) is 0 Å². The van der Waals surface area contributed by atoms with E-state index in [0.717, 1.165) is 58.2 Å². The number of piperidine rings is 1. The topological polar surface area (TPSA) is 48.5 Å². The molecule has 1 fully saturated rings. The Kier molecular flexibility index (Phi) is 7.26. The molecule has 150 valence electrons. The normalized spacial score (nSPS) is 18.5. The van der Waals surface area contributed by atoms with Crippen LogP contribution < -0.4 is 16.0 Å². The van der Waals surface area contributed by atoms with E-state index in [2.05, 4.69) is 31.9 Å². The van der Waals surface area contributed by atoms with Crippen LogP contribution in [0.4, 0.5) is 11.4 Å². The Morgan fingerprint density at radius 1 is 1.07 bits per heavy atom. The number of fused-ring (bicyclic) bond motifs is 1. The number of halogens is 3. The van der Waals surface area contributed by atoms with Crippen molar-refractivity contribution in [3.63, 3.8) is 0 Å². The highest BCUT2D eigenvalue weighted by Gasteiger charge is 2.41. The lowest BCUT2D eigenvalue weighted by Crippen LogP contribution is -2.57. The van der Waals surface area contributed by atoms with Crippen LogP contribution in [0, 0.1) is 0 Å². The van der Waals surface area contributed by atoms with Gasteiger partial charge in [-0.1, -0.05) is 49.2 Å². The van der Waals surface area contributed by atoms with Crippen LogP contribution in [0.2, 0.25) is 10.0 Å². The number of benzene rings is 2. The average molecular weight is 484 g/mol. The van der Waals surface area contributed by atoms with Gasteiger partial charge in [0.1, 0.15) is 5.84 Å². The summed E-state index contributed by atoms with van der Waals surface area (Å²) >= 11 is 15.9. The Hall–Kier alpha value is -1.27. The third-order valence-corrected chi connectivity index (χ3v) is 6.34. The number of amidine groups is 1. The van der Waals surface area contributed by atoms with E-state index >= 15 is 0 Å². The van der Waals surface area contributed by atoms with Crippen molar-refractivity contribution in [1.29, 1.82) is 0 Å². The van der Waals surface area contributed by atoms with Crippen molar-refractivity contribution in [3.8, 4) is 0 Å². The first-order valence-electron chi connectivity index (χ1n) is 9.60. The van der Waals surface area contributed by atoms with Crippen LogP contribution in [0.15, 0.2) is 45.9 Å². The number of anilines is 2. The fraction of sp³-hybridized carbons (Fsp3) is 0.381. The lowest BCUT2D eigenvalue weighted by Gasteiger charge is -2.44. The molecule has 0 amide bonds. The van der Waals surface area contributed by atoms with Crippen molar-refractivity contribution in [2.24, 2.45) is 4.99 Å². The van der Waals surface area contributed by atoms with E-state index in [1.807, 2.05) is 50.2 Å². The van der Waals surface area contributed by atoms with E-state index in [0.29, 0.717) is 11.6 Å². The summed E-state index contributed by atoms with van der Waals surface area (Å²) in [5.74, 6) is 0.973. The monoisotopic (exact) mass is 482 g/mol. The molecule has 3 N–H and O–H groups in total. The van der Waals surface area contributed by atoms with E-state index in [4.69, 9.17) is 28.2 Å². The van der Waals surface area contributed by atoms with Gasteiger partial charge in [0, 0.05) is 9.50 Å². The summed E-state index contributed by atoms with van der Waals surface area (Å²) in [5, 5.41) is 12.1. The molecule has 0 unspecified atom stereocenters. The van der Waals surface area contributed by atoms with Gasteiger partial charge in [-0.3, -0.25) is 4.99 Å². The molecule has 0 aliphatic carbocycles. The molecule has 0 atom stereocenters. The smallest absolute Gasteiger partial charge is 0.127 e. The van der Waals surface area contributed by atoms with Gasteiger partial charge in [-0.25, -0.2) is 0 Å². The predicted octanol–water partition coefficient (Wildman–Crippen LogP) is 6.34. The van der Waals surface area contributed by atoms with Gasteiger partial charge < -0.3 is 16.0 Å². The van der Waals surface area contributed by atoms with Gasteiger partial charge in [-0.2, -0.15) is 0 Å². The molecule has 4 rings (SSSR count). The van der Waals surface area contributed by atoms with Crippen molar-refractivity contribution in [1.82, 2.24) is 5.32 Å². The van der Waals surface area contributed by atoms with Crippen LogP contribution in [0.5, 0.6) is 0 Å². The highest BCUT2D eigenvalue weighted by molar-refractivity contribution is 9.10. The van der Waals surface area contributed by atoms with Crippen molar-refractivity contribution >= 4 is 56.3 Å². The first-order chi connectivity index (χ1) is 13.6. The summed E-state index contributed by atoms with van der Waals surface area (Å²) in [6.45, 7) is 6.48. The Labute approximate surface area is 185 Å². The van der Waals surface area contributed by atoms with Crippen molar-refractivity contribution < 1.29 is 0 Å². The van der Waals surface area contributed by atoms with Crippen molar-refractivity contribution in [3.05, 3.63) is 56.5 Å². The second-order valence-electron chi connectivity index (χ2n) is 6.69. The molecular formula is C21H25BrCl2N4. The van der Waals surface area contributed by atoms with Gasteiger partial charge in [0.2, 0.25) is 0 Å². The second kappa shape index (κ2) is 9.49. The fourth-order valence-electron chi connectivity index (χ4n) is 3.53. The molecule has 1 saturated heterocycles. The molecule has 0 radical (unpaired) electrons. The lowest BCUT2D eigenvalue weighted by molar-refractivity contribution is 0.419. The highest BCUT2D eigenvalue weighted by Crippen LogP contribution is 2.40. The molecule has 7 heteroatoms. The number of nitrogens with one attached hydrogen (secondary N) is 3. The molecule has 2 aliphatic rings. The van der Waals surface area contributed by atoms with Crippen LogP contribution in [0.25, 0.3) is 0 Å². The summed E-state index contributed by atoms with van der Waals surface area (Å²) in [5.41, 5.74) is 2.89. The average Bonchev–Trinajstić information content (AvgIpc) is 2.70. The summed E-state index contributed by atoms with van der Waals surface area (Å²) in [7, 11) is 0. The third-order valence-electron chi connectivity index (χ3n) is 4.91. The van der Waals surface area contributed by atoms with Gasteiger partial charge in [0.25, 0.3) is 0 Å². The van der Waals surface area contributed by atoms with Crippen LogP contribution in [0.3, 0.4) is 0 Å². The largest absolute Gasteiger partial charge is 0.371 e. The SMILES string of the molecule is CC.Clc1cccc(CN=C2Nc3cc(Br)c(Cl)cc3NC23CCNCC3)c1. The number of rotatable bonds is 2. The quantitative estimate of drug-likeness (QED) is 0.467. The molecule has 4 nitrogen and oxygen atoms in total. The van der Waals surface area contributed by atoms with Crippen LogP contribution in [-0.4, -0.2) is 24.5 Å². The number of hydrogen-bond acceptors (Lipinski definition) is 3. The fourth-order valence-corrected chi connectivity index (χ4v) is 4.25. The molecule has 0 bridgehead atoms.